The number of aliphatic hydroxyl groups excluding tert-OH is 1. The molecule has 6 heteroatoms. The normalized spacial score (nSPS) is 19.0. The van der Waals surface area contributed by atoms with E-state index < -0.39 is 11.7 Å². The number of alkyl halides is 3. The van der Waals surface area contributed by atoms with Gasteiger partial charge < -0.3 is 15.3 Å². The summed E-state index contributed by atoms with van der Waals surface area (Å²) in [7, 11) is 0. The first-order valence-corrected chi connectivity index (χ1v) is 6.72. The lowest BCUT2D eigenvalue weighted by molar-refractivity contribution is -0.137. The van der Waals surface area contributed by atoms with E-state index in [1.165, 1.54) is 6.07 Å². The number of halogens is 3. The molecule has 1 unspecified atom stereocenters. The maximum absolute atomic E-state index is 12.7. The summed E-state index contributed by atoms with van der Waals surface area (Å²) in [6.07, 6.45) is -4.34. The molecule has 20 heavy (non-hydrogen) atoms. The van der Waals surface area contributed by atoms with E-state index in [2.05, 4.69) is 10.2 Å². The number of hydrogen-bond acceptors (Lipinski definition) is 3. The molecule has 1 saturated heterocycles. The summed E-state index contributed by atoms with van der Waals surface area (Å²) in [5, 5.41) is 12.7. The maximum Gasteiger partial charge on any atom is 0.416 e. The molecular weight excluding hydrogens is 269 g/mol. The Bertz CT molecular complexity index is 431. The molecule has 1 atom stereocenters. The van der Waals surface area contributed by atoms with Crippen molar-refractivity contribution in [3.8, 4) is 0 Å². The van der Waals surface area contributed by atoms with Crippen LogP contribution in [0.3, 0.4) is 0 Å². The van der Waals surface area contributed by atoms with Crippen molar-refractivity contribution in [3.05, 3.63) is 35.4 Å². The van der Waals surface area contributed by atoms with Crippen molar-refractivity contribution in [1.29, 1.82) is 0 Å². The number of nitrogens with zero attached hydrogens (tertiary/aromatic N) is 1. The molecule has 1 fully saturated rings. The minimum absolute atomic E-state index is 0.148. The van der Waals surface area contributed by atoms with Crippen molar-refractivity contribution < 1.29 is 18.3 Å². The third-order valence-electron chi connectivity index (χ3n) is 3.59. The molecule has 1 aromatic rings. The van der Waals surface area contributed by atoms with E-state index in [1.54, 1.807) is 6.07 Å². The van der Waals surface area contributed by atoms with Gasteiger partial charge in [-0.2, -0.15) is 13.2 Å². The minimum atomic E-state index is -4.34. The van der Waals surface area contributed by atoms with Gasteiger partial charge in [0.2, 0.25) is 0 Å². The minimum Gasteiger partial charge on any atom is -0.396 e. The zero-order valence-corrected chi connectivity index (χ0v) is 11.2. The van der Waals surface area contributed by atoms with Crippen LogP contribution in [0.1, 0.15) is 17.0 Å². The molecule has 0 spiro atoms. The van der Waals surface area contributed by atoms with Crippen molar-refractivity contribution in [2.24, 2.45) is 0 Å². The molecule has 3 nitrogen and oxygen atoms in total. The van der Waals surface area contributed by atoms with Crippen molar-refractivity contribution in [1.82, 2.24) is 10.2 Å². The molecule has 0 aliphatic carbocycles. The van der Waals surface area contributed by atoms with Gasteiger partial charge in [0.15, 0.2) is 0 Å². The predicted molar refractivity (Wildman–Crippen MR) is 70.6 cm³/mol. The van der Waals surface area contributed by atoms with Crippen LogP contribution < -0.4 is 5.32 Å². The van der Waals surface area contributed by atoms with Gasteiger partial charge in [-0.25, -0.2) is 0 Å². The van der Waals surface area contributed by atoms with Crippen molar-refractivity contribution in [2.45, 2.75) is 12.1 Å². The third-order valence-corrected chi connectivity index (χ3v) is 3.59. The molecule has 2 N–H and O–H groups in total. The number of nitrogens with one attached hydrogen (secondary N) is 1. The van der Waals surface area contributed by atoms with Gasteiger partial charge in [-0.1, -0.05) is 18.2 Å². The van der Waals surface area contributed by atoms with E-state index in [1.807, 2.05) is 0 Å². The van der Waals surface area contributed by atoms with Crippen LogP contribution in [-0.2, 0) is 6.18 Å². The van der Waals surface area contributed by atoms with Gasteiger partial charge in [0.25, 0.3) is 0 Å². The molecule has 2 rings (SSSR count). The Labute approximate surface area is 116 Å². The topological polar surface area (TPSA) is 35.5 Å². The second-order valence-corrected chi connectivity index (χ2v) is 5.05. The van der Waals surface area contributed by atoms with E-state index in [9.17, 15) is 18.3 Å². The van der Waals surface area contributed by atoms with E-state index >= 15 is 0 Å². The smallest absolute Gasteiger partial charge is 0.396 e. The van der Waals surface area contributed by atoms with Crippen LogP contribution in [0.25, 0.3) is 0 Å². The van der Waals surface area contributed by atoms with Gasteiger partial charge in [0.1, 0.15) is 0 Å². The highest BCUT2D eigenvalue weighted by atomic mass is 19.4. The van der Waals surface area contributed by atoms with E-state index in [-0.39, 0.29) is 12.5 Å². The van der Waals surface area contributed by atoms with Crippen LogP contribution >= 0.6 is 0 Å². The molecule has 0 bridgehead atoms. The summed E-state index contributed by atoms with van der Waals surface area (Å²) in [6.45, 7) is 3.90. The molecule has 1 aliphatic rings. The van der Waals surface area contributed by atoms with E-state index in [4.69, 9.17) is 0 Å². The average molecular weight is 288 g/mol. The molecular formula is C14H19F3N2O. The van der Waals surface area contributed by atoms with Gasteiger partial charge in [0.05, 0.1) is 12.2 Å². The lowest BCUT2D eigenvalue weighted by Gasteiger charge is -2.30. The molecule has 1 aliphatic heterocycles. The number of piperazine rings is 1. The fraction of sp³-hybridized carbons (Fsp3) is 0.571. The zero-order valence-electron chi connectivity index (χ0n) is 11.2. The highest BCUT2D eigenvalue weighted by Crippen LogP contribution is 2.31. The quantitative estimate of drug-likeness (QED) is 0.885. The summed E-state index contributed by atoms with van der Waals surface area (Å²) in [4.78, 5) is 2.16. The number of benzene rings is 1. The Morgan fingerprint density at radius 2 is 1.95 bits per heavy atom. The summed E-state index contributed by atoms with van der Waals surface area (Å²) in [5.41, 5.74) is -0.116. The van der Waals surface area contributed by atoms with Crippen molar-refractivity contribution in [2.75, 3.05) is 39.3 Å². The molecule has 0 radical (unpaired) electrons. The average Bonchev–Trinajstić information content (AvgIpc) is 2.45. The standard InChI is InChI=1S/C14H19F3N2O/c15-14(16,17)13-3-1-2-11(8-13)12(10-20)9-19-6-4-18-5-7-19/h1-3,8,12,18,20H,4-7,9-10H2. The van der Waals surface area contributed by atoms with Gasteiger partial charge in [-0.05, 0) is 11.6 Å². The predicted octanol–water partition coefficient (Wildman–Crippen LogP) is 1.69. The fourth-order valence-corrected chi connectivity index (χ4v) is 2.44. The summed E-state index contributed by atoms with van der Waals surface area (Å²) < 4.78 is 38.1. The molecule has 112 valence electrons. The van der Waals surface area contributed by atoms with Crippen LogP contribution in [0.2, 0.25) is 0 Å². The Balaban J connectivity index is 2.10. The Morgan fingerprint density at radius 3 is 2.55 bits per heavy atom. The molecule has 0 amide bonds. The second kappa shape index (κ2) is 6.56. The number of aliphatic hydroxyl groups is 1. The van der Waals surface area contributed by atoms with Crippen LogP contribution in [0.5, 0.6) is 0 Å². The van der Waals surface area contributed by atoms with Crippen LogP contribution in [0.4, 0.5) is 13.2 Å². The van der Waals surface area contributed by atoms with Crippen LogP contribution in [0, 0.1) is 0 Å². The SMILES string of the molecule is OCC(CN1CCNCC1)c1cccc(C(F)(F)F)c1. The van der Waals surface area contributed by atoms with Gasteiger partial charge in [0, 0.05) is 38.6 Å². The largest absolute Gasteiger partial charge is 0.416 e. The van der Waals surface area contributed by atoms with Gasteiger partial charge in [-0.3, -0.25) is 0 Å². The lowest BCUT2D eigenvalue weighted by atomic mass is 9.97. The van der Waals surface area contributed by atoms with Crippen molar-refractivity contribution in [3.63, 3.8) is 0 Å². The third kappa shape index (κ3) is 3.94. The van der Waals surface area contributed by atoms with Gasteiger partial charge >= 0.3 is 6.18 Å². The highest BCUT2D eigenvalue weighted by molar-refractivity contribution is 5.28. The molecule has 1 heterocycles. The Hall–Kier alpha value is -1.11. The van der Waals surface area contributed by atoms with Crippen LogP contribution in [-0.4, -0.2) is 49.3 Å². The zero-order chi connectivity index (χ0) is 14.6. The summed E-state index contributed by atoms with van der Waals surface area (Å²) >= 11 is 0. The first-order valence-electron chi connectivity index (χ1n) is 6.72. The Kier molecular flexibility index (Phi) is 5.01. The van der Waals surface area contributed by atoms with E-state index in [0.29, 0.717) is 12.1 Å². The second-order valence-electron chi connectivity index (χ2n) is 5.05. The summed E-state index contributed by atoms with van der Waals surface area (Å²) in [5.74, 6) is -0.282. The maximum atomic E-state index is 12.7. The number of hydrogen-bond donors (Lipinski definition) is 2. The first kappa shape index (κ1) is 15.3. The first-order chi connectivity index (χ1) is 9.50. The highest BCUT2D eigenvalue weighted by Gasteiger charge is 2.31. The molecule has 0 saturated carbocycles. The molecule has 0 aromatic heterocycles. The summed E-state index contributed by atoms with van der Waals surface area (Å²) in [6, 6.07) is 5.25. The van der Waals surface area contributed by atoms with Crippen molar-refractivity contribution >= 4 is 0 Å². The Morgan fingerprint density at radius 1 is 1.25 bits per heavy atom. The molecule has 1 aromatic carbocycles. The van der Waals surface area contributed by atoms with E-state index in [0.717, 1.165) is 38.3 Å². The van der Waals surface area contributed by atoms with Gasteiger partial charge in [-0.15, -0.1) is 0 Å². The van der Waals surface area contributed by atoms with Crippen LogP contribution in [0.15, 0.2) is 24.3 Å². The number of rotatable bonds is 4. The monoisotopic (exact) mass is 288 g/mol. The fourth-order valence-electron chi connectivity index (χ4n) is 2.44. The lowest BCUT2D eigenvalue weighted by Crippen LogP contribution is -2.45.